The fraction of sp³-hybridized carbons (Fsp3) is 0.643. The quantitative estimate of drug-likeness (QED) is 0.749. The van der Waals surface area contributed by atoms with Crippen molar-refractivity contribution in [1.82, 2.24) is 0 Å². The number of ether oxygens (including phenoxy) is 1. The van der Waals surface area contributed by atoms with Crippen LogP contribution in [0.4, 0.5) is 0 Å². The van der Waals surface area contributed by atoms with Gasteiger partial charge < -0.3 is 4.74 Å². The summed E-state index contributed by atoms with van der Waals surface area (Å²) < 4.78 is 6.73. The average Bonchev–Trinajstić information content (AvgIpc) is 2.74. The standard InChI is InChI=1S/C14H19BrO2S/c1-14(2)7-5-10(6-8-14)17-9-11(16)12-3-4-13(15)18-12/h3-4,10H,5-9H2,1-2H3. The molecule has 18 heavy (non-hydrogen) atoms. The van der Waals surface area contributed by atoms with Gasteiger partial charge in [-0.05, 0) is 59.2 Å². The molecule has 0 atom stereocenters. The lowest BCUT2D eigenvalue weighted by Crippen LogP contribution is -2.28. The Hall–Kier alpha value is -0.190. The molecule has 1 aliphatic carbocycles. The second-order valence-electron chi connectivity index (χ2n) is 5.70. The molecule has 0 unspecified atom stereocenters. The molecule has 0 amide bonds. The number of Topliss-reactive ketones (excluding diaryl/α,β-unsaturated/α-hetero) is 1. The average molecular weight is 331 g/mol. The smallest absolute Gasteiger partial charge is 0.198 e. The Labute approximate surface area is 121 Å². The number of hydrogen-bond donors (Lipinski definition) is 0. The lowest BCUT2D eigenvalue weighted by Gasteiger charge is -2.33. The normalized spacial score (nSPS) is 19.9. The van der Waals surface area contributed by atoms with E-state index >= 15 is 0 Å². The number of ketones is 1. The predicted molar refractivity (Wildman–Crippen MR) is 78.3 cm³/mol. The molecule has 0 aliphatic heterocycles. The third-order valence-electron chi connectivity index (χ3n) is 3.58. The predicted octanol–water partition coefficient (Wildman–Crippen LogP) is 4.68. The summed E-state index contributed by atoms with van der Waals surface area (Å²) >= 11 is 4.84. The van der Waals surface area contributed by atoms with Crippen LogP contribution >= 0.6 is 27.3 Å². The molecule has 0 saturated heterocycles. The van der Waals surface area contributed by atoms with E-state index in [0.29, 0.717) is 5.41 Å². The van der Waals surface area contributed by atoms with Gasteiger partial charge >= 0.3 is 0 Å². The zero-order chi connectivity index (χ0) is 13.2. The van der Waals surface area contributed by atoms with Crippen LogP contribution in [0.2, 0.25) is 0 Å². The highest BCUT2D eigenvalue weighted by molar-refractivity contribution is 9.11. The summed E-state index contributed by atoms with van der Waals surface area (Å²) in [7, 11) is 0. The van der Waals surface area contributed by atoms with Crippen molar-refractivity contribution in [2.24, 2.45) is 5.41 Å². The molecule has 0 N–H and O–H groups in total. The van der Waals surface area contributed by atoms with E-state index < -0.39 is 0 Å². The van der Waals surface area contributed by atoms with Crippen LogP contribution in [0.1, 0.15) is 49.2 Å². The lowest BCUT2D eigenvalue weighted by molar-refractivity contribution is 0.00877. The molecule has 0 radical (unpaired) electrons. The molecule has 0 spiro atoms. The Morgan fingerprint density at radius 3 is 2.67 bits per heavy atom. The van der Waals surface area contributed by atoms with Crippen molar-refractivity contribution in [1.29, 1.82) is 0 Å². The minimum Gasteiger partial charge on any atom is -0.370 e. The SMILES string of the molecule is CC1(C)CCC(OCC(=O)c2ccc(Br)s2)CC1. The first-order chi connectivity index (χ1) is 8.46. The molecule has 1 aromatic heterocycles. The Morgan fingerprint density at radius 1 is 1.44 bits per heavy atom. The number of rotatable bonds is 4. The monoisotopic (exact) mass is 330 g/mol. The molecule has 4 heteroatoms. The maximum Gasteiger partial charge on any atom is 0.198 e. The maximum absolute atomic E-state index is 11.9. The van der Waals surface area contributed by atoms with Crippen LogP contribution in [0.25, 0.3) is 0 Å². The summed E-state index contributed by atoms with van der Waals surface area (Å²) in [4.78, 5) is 12.7. The topological polar surface area (TPSA) is 26.3 Å². The summed E-state index contributed by atoms with van der Waals surface area (Å²) in [5.74, 6) is 0.0931. The van der Waals surface area contributed by atoms with Crippen LogP contribution in [0.15, 0.2) is 15.9 Å². The van der Waals surface area contributed by atoms with Gasteiger partial charge in [-0.15, -0.1) is 11.3 Å². The molecule has 0 aromatic carbocycles. The zero-order valence-corrected chi connectivity index (χ0v) is 13.3. The summed E-state index contributed by atoms with van der Waals surface area (Å²) in [5, 5.41) is 0. The van der Waals surface area contributed by atoms with Gasteiger partial charge in [0.25, 0.3) is 0 Å². The van der Waals surface area contributed by atoms with Gasteiger partial charge in [-0.25, -0.2) is 0 Å². The molecule has 1 fully saturated rings. The van der Waals surface area contributed by atoms with E-state index in [-0.39, 0.29) is 18.5 Å². The van der Waals surface area contributed by atoms with Crippen molar-refractivity contribution in [3.8, 4) is 0 Å². The summed E-state index contributed by atoms with van der Waals surface area (Å²) in [6.07, 6.45) is 4.81. The van der Waals surface area contributed by atoms with E-state index in [1.807, 2.05) is 12.1 Å². The van der Waals surface area contributed by atoms with Gasteiger partial charge in [-0.3, -0.25) is 4.79 Å². The van der Waals surface area contributed by atoms with Crippen molar-refractivity contribution in [2.75, 3.05) is 6.61 Å². The van der Waals surface area contributed by atoms with E-state index in [9.17, 15) is 4.79 Å². The number of carbonyl (C=O) groups excluding carboxylic acids is 1. The van der Waals surface area contributed by atoms with E-state index in [1.165, 1.54) is 24.2 Å². The third-order valence-corrected chi connectivity index (χ3v) is 5.25. The highest BCUT2D eigenvalue weighted by atomic mass is 79.9. The summed E-state index contributed by atoms with van der Waals surface area (Å²) in [6.45, 7) is 4.83. The van der Waals surface area contributed by atoms with Crippen molar-refractivity contribution < 1.29 is 9.53 Å². The number of carbonyl (C=O) groups is 1. The van der Waals surface area contributed by atoms with Gasteiger partial charge in [0.2, 0.25) is 0 Å². The largest absolute Gasteiger partial charge is 0.370 e. The highest BCUT2D eigenvalue weighted by Crippen LogP contribution is 2.36. The third kappa shape index (κ3) is 3.90. The van der Waals surface area contributed by atoms with Crippen LogP contribution in [0.3, 0.4) is 0 Å². The fourth-order valence-corrected chi connectivity index (χ4v) is 3.58. The maximum atomic E-state index is 11.9. The van der Waals surface area contributed by atoms with Crippen LogP contribution in [-0.4, -0.2) is 18.5 Å². The molecule has 0 bridgehead atoms. The summed E-state index contributed by atoms with van der Waals surface area (Å²) in [6, 6.07) is 3.76. The molecule has 1 saturated carbocycles. The van der Waals surface area contributed by atoms with E-state index in [1.54, 1.807) is 0 Å². The first-order valence-electron chi connectivity index (χ1n) is 6.36. The summed E-state index contributed by atoms with van der Waals surface area (Å²) in [5.41, 5.74) is 0.447. The first-order valence-corrected chi connectivity index (χ1v) is 7.97. The van der Waals surface area contributed by atoms with E-state index in [0.717, 1.165) is 21.5 Å². The van der Waals surface area contributed by atoms with Gasteiger partial charge in [0.05, 0.1) is 14.8 Å². The van der Waals surface area contributed by atoms with Crippen LogP contribution in [0, 0.1) is 5.41 Å². The second kappa shape index (κ2) is 5.85. The van der Waals surface area contributed by atoms with Crippen molar-refractivity contribution in [3.05, 3.63) is 20.8 Å². The van der Waals surface area contributed by atoms with Gasteiger partial charge in [-0.2, -0.15) is 0 Å². The van der Waals surface area contributed by atoms with Crippen molar-refractivity contribution in [3.63, 3.8) is 0 Å². The molecule has 2 nitrogen and oxygen atoms in total. The highest BCUT2D eigenvalue weighted by Gasteiger charge is 2.27. The molecule has 1 aliphatic rings. The number of halogens is 1. The van der Waals surface area contributed by atoms with E-state index in [2.05, 4.69) is 29.8 Å². The minimum atomic E-state index is 0.0931. The number of hydrogen-bond acceptors (Lipinski definition) is 3. The zero-order valence-electron chi connectivity index (χ0n) is 10.9. The Kier molecular flexibility index (Phi) is 4.62. The molecular formula is C14H19BrO2S. The molecule has 1 heterocycles. The van der Waals surface area contributed by atoms with Crippen molar-refractivity contribution in [2.45, 2.75) is 45.6 Å². The fourth-order valence-electron chi connectivity index (χ4n) is 2.27. The first kappa shape index (κ1) is 14.2. The van der Waals surface area contributed by atoms with E-state index in [4.69, 9.17) is 4.74 Å². The van der Waals surface area contributed by atoms with Gasteiger partial charge in [0, 0.05) is 0 Å². The molecule has 1 aromatic rings. The van der Waals surface area contributed by atoms with Crippen molar-refractivity contribution >= 4 is 33.0 Å². The molecule has 100 valence electrons. The Bertz CT molecular complexity index is 415. The Morgan fingerprint density at radius 2 is 2.11 bits per heavy atom. The second-order valence-corrected chi connectivity index (χ2v) is 8.16. The van der Waals surface area contributed by atoms with Gasteiger partial charge in [0.15, 0.2) is 5.78 Å². The van der Waals surface area contributed by atoms with Crippen LogP contribution in [0.5, 0.6) is 0 Å². The molecule has 2 rings (SSSR count). The van der Waals surface area contributed by atoms with Crippen LogP contribution in [-0.2, 0) is 4.74 Å². The minimum absolute atomic E-state index is 0.0931. The Balaban J connectivity index is 1.77. The van der Waals surface area contributed by atoms with Gasteiger partial charge in [0.1, 0.15) is 6.61 Å². The molecular weight excluding hydrogens is 312 g/mol. The van der Waals surface area contributed by atoms with Crippen LogP contribution < -0.4 is 0 Å². The van der Waals surface area contributed by atoms with Gasteiger partial charge in [-0.1, -0.05) is 13.8 Å². The lowest BCUT2D eigenvalue weighted by atomic mass is 9.76. The number of thiophene rings is 1.